The summed E-state index contributed by atoms with van der Waals surface area (Å²) in [5.74, 6) is -2.18. The maximum atomic E-state index is 12.7. The van der Waals surface area contributed by atoms with Gasteiger partial charge >= 0.3 is 0 Å². The van der Waals surface area contributed by atoms with Crippen LogP contribution in [0.2, 0.25) is 0 Å². The fourth-order valence-corrected chi connectivity index (χ4v) is 2.95. The molecule has 13 heavy (non-hydrogen) atoms. The van der Waals surface area contributed by atoms with Crippen LogP contribution in [0, 0.1) is 11.3 Å². The van der Waals surface area contributed by atoms with Crippen LogP contribution in [0.1, 0.15) is 38.5 Å². The average Bonchev–Trinajstić information content (AvgIpc) is 2.49. The summed E-state index contributed by atoms with van der Waals surface area (Å²) in [6.45, 7) is 0.605. The van der Waals surface area contributed by atoms with Crippen molar-refractivity contribution in [2.75, 3.05) is 6.54 Å². The standard InChI is InChI=1S/C10H17F2N/c11-10(12)5-8(6-10)9(7-13)3-1-2-4-9/h8H,1-7,13H2. The van der Waals surface area contributed by atoms with Gasteiger partial charge in [0.2, 0.25) is 5.92 Å². The SMILES string of the molecule is NCC1(C2CC(F)(F)C2)CCCC1. The molecule has 0 unspecified atom stereocenters. The zero-order valence-corrected chi connectivity index (χ0v) is 7.86. The van der Waals surface area contributed by atoms with Crippen molar-refractivity contribution >= 4 is 0 Å². The van der Waals surface area contributed by atoms with Gasteiger partial charge in [0, 0.05) is 12.8 Å². The quantitative estimate of drug-likeness (QED) is 0.709. The second-order valence-corrected chi connectivity index (χ2v) is 4.73. The lowest BCUT2D eigenvalue weighted by Crippen LogP contribution is -2.48. The van der Waals surface area contributed by atoms with Gasteiger partial charge in [-0.1, -0.05) is 12.8 Å². The molecule has 76 valence electrons. The molecular weight excluding hydrogens is 172 g/mol. The van der Waals surface area contributed by atoms with Gasteiger partial charge in [0.15, 0.2) is 0 Å². The molecule has 0 radical (unpaired) electrons. The van der Waals surface area contributed by atoms with E-state index >= 15 is 0 Å². The van der Waals surface area contributed by atoms with Gasteiger partial charge in [0.05, 0.1) is 0 Å². The molecule has 0 bridgehead atoms. The first-order chi connectivity index (χ1) is 6.08. The predicted molar refractivity (Wildman–Crippen MR) is 47.6 cm³/mol. The molecule has 0 saturated heterocycles. The number of rotatable bonds is 2. The fourth-order valence-electron chi connectivity index (χ4n) is 2.95. The number of halogens is 2. The van der Waals surface area contributed by atoms with E-state index in [1.165, 1.54) is 12.8 Å². The molecule has 2 fully saturated rings. The van der Waals surface area contributed by atoms with Gasteiger partial charge in [0.25, 0.3) is 0 Å². The Morgan fingerprint density at radius 3 is 2.08 bits per heavy atom. The topological polar surface area (TPSA) is 26.0 Å². The van der Waals surface area contributed by atoms with Crippen molar-refractivity contribution < 1.29 is 8.78 Å². The van der Waals surface area contributed by atoms with Crippen molar-refractivity contribution in [3.8, 4) is 0 Å². The Balaban J connectivity index is 1.99. The van der Waals surface area contributed by atoms with Crippen molar-refractivity contribution in [1.82, 2.24) is 0 Å². The maximum absolute atomic E-state index is 12.7. The summed E-state index contributed by atoms with van der Waals surface area (Å²) in [6, 6.07) is 0. The molecule has 0 aromatic rings. The van der Waals surface area contributed by atoms with Crippen LogP contribution in [-0.2, 0) is 0 Å². The van der Waals surface area contributed by atoms with E-state index in [-0.39, 0.29) is 24.2 Å². The van der Waals surface area contributed by atoms with Gasteiger partial charge in [-0.15, -0.1) is 0 Å². The Morgan fingerprint density at radius 2 is 1.69 bits per heavy atom. The van der Waals surface area contributed by atoms with Crippen LogP contribution < -0.4 is 5.73 Å². The normalized spacial score (nSPS) is 31.6. The summed E-state index contributed by atoms with van der Waals surface area (Å²) in [5, 5.41) is 0. The molecule has 0 spiro atoms. The molecule has 0 heterocycles. The van der Waals surface area contributed by atoms with E-state index in [1.54, 1.807) is 0 Å². The first-order valence-electron chi connectivity index (χ1n) is 5.16. The summed E-state index contributed by atoms with van der Waals surface area (Å²) < 4.78 is 25.4. The maximum Gasteiger partial charge on any atom is 0.248 e. The largest absolute Gasteiger partial charge is 0.330 e. The second kappa shape index (κ2) is 2.91. The second-order valence-electron chi connectivity index (χ2n) is 4.73. The van der Waals surface area contributed by atoms with Crippen LogP contribution in [0.3, 0.4) is 0 Å². The van der Waals surface area contributed by atoms with Crippen molar-refractivity contribution in [3.05, 3.63) is 0 Å². The highest BCUT2D eigenvalue weighted by atomic mass is 19.3. The zero-order chi connectivity index (χ0) is 9.53. The Labute approximate surface area is 77.7 Å². The lowest BCUT2D eigenvalue weighted by atomic mass is 9.62. The minimum atomic E-state index is -2.38. The molecule has 0 amide bonds. The molecule has 2 aliphatic carbocycles. The van der Waals surface area contributed by atoms with E-state index in [0.717, 1.165) is 12.8 Å². The van der Waals surface area contributed by atoms with Gasteiger partial charge in [-0.25, -0.2) is 8.78 Å². The molecular formula is C10H17F2N. The fraction of sp³-hybridized carbons (Fsp3) is 1.00. The summed E-state index contributed by atoms with van der Waals surface area (Å²) in [5.41, 5.74) is 5.81. The molecule has 2 saturated carbocycles. The van der Waals surface area contributed by atoms with Crippen LogP contribution in [-0.4, -0.2) is 12.5 Å². The van der Waals surface area contributed by atoms with Crippen molar-refractivity contribution in [1.29, 1.82) is 0 Å². The number of alkyl halides is 2. The smallest absolute Gasteiger partial charge is 0.248 e. The Morgan fingerprint density at radius 1 is 1.15 bits per heavy atom. The zero-order valence-electron chi connectivity index (χ0n) is 7.86. The highest BCUT2D eigenvalue weighted by molar-refractivity contribution is 5.00. The third-order valence-corrected chi connectivity index (χ3v) is 3.96. The van der Waals surface area contributed by atoms with Gasteiger partial charge in [-0.3, -0.25) is 0 Å². The highest BCUT2D eigenvalue weighted by Crippen LogP contribution is 2.56. The van der Waals surface area contributed by atoms with E-state index in [2.05, 4.69) is 0 Å². The van der Waals surface area contributed by atoms with Crippen molar-refractivity contribution in [3.63, 3.8) is 0 Å². The number of hydrogen-bond acceptors (Lipinski definition) is 1. The van der Waals surface area contributed by atoms with Gasteiger partial charge in [0.1, 0.15) is 0 Å². The third kappa shape index (κ3) is 1.47. The first-order valence-corrected chi connectivity index (χ1v) is 5.16. The van der Waals surface area contributed by atoms with Crippen LogP contribution in [0.25, 0.3) is 0 Å². The highest BCUT2D eigenvalue weighted by Gasteiger charge is 2.54. The minimum Gasteiger partial charge on any atom is -0.330 e. The monoisotopic (exact) mass is 189 g/mol. The summed E-state index contributed by atoms with van der Waals surface area (Å²) in [4.78, 5) is 0. The van der Waals surface area contributed by atoms with Crippen LogP contribution >= 0.6 is 0 Å². The van der Waals surface area contributed by atoms with Gasteiger partial charge < -0.3 is 5.73 Å². The molecule has 1 nitrogen and oxygen atoms in total. The molecule has 3 heteroatoms. The van der Waals surface area contributed by atoms with E-state index in [0.29, 0.717) is 6.54 Å². The summed E-state index contributed by atoms with van der Waals surface area (Å²) in [7, 11) is 0. The molecule has 0 atom stereocenters. The number of nitrogens with two attached hydrogens (primary N) is 1. The van der Waals surface area contributed by atoms with Gasteiger partial charge in [-0.05, 0) is 30.7 Å². The summed E-state index contributed by atoms with van der Waals surface area (Å²) >= 11 is 0. The lowest BCUT2D eigenvalue weighted by molar-refractivity contribution is -0.145. The number of hydrogen-bond donors (Lipinski definition) is 1. The molecule has 2 rings (SSSR count). The Kier molecular flexibility index (Phi) is 2.10. The van der Waals surface area contributed by atoms with Crippen LogP contribution in [0.4, 0.5) is 8.78 Å². The Hall–Kier alpha value is -0.180. The minimum absolute atomic E-state index is 0.0850. The Bertz CT molecular complexity index is 189. The molecule has 2 aliphatic rings. The molecule has 0 aliphatic heterocycles. The molecule has 0 aromatic heterocycles. The van der Waals surface area contributed by atoms with Crippen LogP contribution in [0.15, 0.2) is 0 Å². The van der Waals surface area contributed by atoms with Gasteiger partial charge in [-0.2, -0.15) is 0 Å². The van der Waals surface area contributed by atoms with E-state index in [1.807, 2.05) is 0 Å². The first kappa shape index (κ1) is 9.38. The van der Waals surface area contributed by atoms with E-state index < -0.39 is 5.92 Å². The summed E-state index contributed by atoms with van der Waals surface area (Å²) in [6.07, 6.45) is 4.68. The van der Waals surface area contributed by atoms with Crippen LogP contribution in [0.5, 0.6) is 0 Å². The van der Waals surface area contributed by atoms with E-state index in [4.69, 9.17) is 5.73 Å². The average molecular weight is 189 g/mol. The lowest BCUT2D eigenvalue weighted by Gasteiger charge is -2.46. The van der Waals surface area contributed by atoms with Crippen molar-refractivity contribution in [2.45, 2.75) is 44.4 Å². The molecule has 0 aromatic carbocycles. The molecule has 2 N–H and O–H groups in total. The van der Waals surface area contributed by atoms with E-state index in [9.17, 15) is 8.78 Å². The third-order valence-electron chi connectivity index (χ3n) is 3.96. The van der Waals surface area contributed by atoms with Crippen molar-refractivity contribution in [2.24, 2.45) is 17.1 Å². The predicted octanol–water partition coefficient (Wildman–Crippen LogP) is 2.55.